The van der Waals surface area contributed by atoms with Gasteiger partial charge in [0.05, 0.1) is 4.83 Å². The van der Waals surface area contributed by atoms with Gasteiger partial charge in [-0.15, -0.1) is 0 Å². The molecule has 0 saturated heterocycles. The predicted octanol–water partition coefficient (Wildman–Crippen LogP) is 2.78. The lowest BCUT2D eigenvalue weighted by Gasteiger charge is -2.07. The molecule has 76 valence electrons. The maximum Gasteiger partial charge on any atom is 0.231 e. The molecule has 0 aromatic heterocycles. The van der Waals surface area contributed by atoms with Crippen LogP contribution in [0.1, 0.15) is 5.56 Å². The fraction of sp³-hybridized carbons (Fsp3) is 0.222. The predicted molar refractivity (Wildman–Crippen MR) is 62.1 cm³/mol. The molecule has 1 aromatic carbocycles. The molecule has 14 heavy (non-hydrogen) atoms. The number of carbonyl (C=O) groups is 1. The van der Waals surface area contributed by atoms with E-state index in [0.717, 1.165) is 5.56 Å². The van der Waals surface area contributed by atoms with E-state index >= 15 is 0 Å². The summed E-state index contributed by atoms with van der Waals surface area (Å²) >= 11 is 14.8. The van der Waals surface area contributed by atoms with Crippen molar-refractivity contribution in [1.29, 1.82) is 0 Å². The van der Waals surface area contributed by atoms with Crippen molar-refractivity contribution in [1.82, 2.24) is 0 Å². The lowest BCUT2D eigenvalue weighted by Crippen LogP contribution is -2.25. The third-order valence-corrected chi connectivity index (χ3v) is 3.08. The van der Waals surface area contributed by atoms with Gasteiger partial charge in [-0.1, -0.05) is 45.2 Å². The van der Waals surface area contributed by atoms with E-state index in [1.54, 1.807) is 18.2 Å². The molecule has 1 aromatic rings. The zero-order chi connectivity index (χ0) is 10.7. The maximum absolute atomic E-state index is 10.8. The van der Waals surface area contributed by atoms with Crippen molar-refractivity contribution in [2.45, 2.75) is 11.2 Å². The molecule has 2 N–H and O–H groups in total. The Morgan fingerprint density at radius 3 is 2.64 bits per heavy atom. The fourth-order valence-electron chi connectivity index (χ4n) is 0.981. The second-order valence-corrected chi connectivity index (χ2v) is 4.76. The van der Waals surface area contributed by atoms with Crippen molar-refractivity contribution in [3.63, 3.8) is 0 Å². The van der Waals surface area contributed by atoms with Gasteiger partial charge in [0.1, 0.15) is 0 Å². The summed E-state index contributed by atoms with van der Waals surface area (Å²) in [5.41, 5.74) is 5.95. The normalized spacial score (nSPS) is 12.5. The van der Waals surface area contributed by atoms with E-state index in [2.05, 4.69) is 15.9 Å². The van der Waals surface area contributed by atoms with Crippen LogP contribution in [-0.2, 0) is 11.2 Å². The zero-order valence-corrected chi connectivity index (χ0v) is 10.2. The standard InChI is InChI=1S/C9H8BrCl2NO/c10-7(9(13)14)3-5-1-2-6(11)4-8(5)12/h1-2,4,7H,3H2,(H2,13,14). The molecule has 0 spiro atoms. The van der Waals surface area contributed by atoms with Gasteiger partial charge < -0.3 is 5.73 Å². The van der Waals surface area contributed by atoms with Crippen molar-refractivity contribution >= 4 is 45.0 Å². The third-order valence-electron chi connectivity index (χ3n) is 1.72. The molecular weight excluding hydrogens is 289 g/mol. The number of carbonyl (C=O) groups excluding carboxylic acids is 1. The monoisotopic (exact) mass is 295 g/mol. The molecule has 0 saturated carbocycles. The summed E-state index contributed by atoms with van der Waals surface area (Å²) in [6.07, 6.45) is 0.464. The summed E-state index contributed by atoms with van der Waals surface area (Å²) < 4.78 is 0. The van der Waals surface area contributed by atoms with Crippen molar-refractivity contribution in [2.24, 2.45) is 5.73 Å². The lowest BCUT2D eigenvalue weighted by molar-refractivity contribution is -0.117. The maximum atomic E-state index is 10.8. The minimum atomic E-state index is -0.406. The van der Waals surface area contributed by atoms with Crippen molar-refractivity contribution < 1.29 is 4.79 Å². The molecule has 5 heteroatoms. The summed E-state index contributed by atoms with van der Waals surface area (Å²) in [7, 11) is 0. The Hall–Kier alpha value is -0.250. The van der Waals surface area contributed by atoms with Gasteiger partial charge in [-0.05, 0) is 24.1 Å². The van der Waals surface area contributed by atoms with E-state index in [9.17, 15) is 4.79 Å². The summed E-state index contributed by atoms with van der Waals surface area (Å²) in [4.78, 5) is 10.4. The van der Waals surface area contributed by atoms with Gasteiger partial charge in [0.25, 0.3) is 0 Å². The minimum absolute atomic E-state index is 0.402. The molecule has 0 bridgehead atoms. The number of rotatable bonds is 3. The number of hydrogen-bond donors (Lipinski definition) is 1. The van der Waals surface area contributed by atoms with Gasteiger partial charge in [0.15, 0.2) is 0 Å². The molecule has 2 nitrogen and oxygen atoms in total. The highest BCUT2D eigenvalue weighted by Crippen LogP contribution is 2.23. The lowest BCUT2D eigenvalue weighted by atomic mass is 10.1. The molecule has 0 heterocycles. The number of primary amides is 1. The van der Waals surface area contributed by atoms with E-state index in [4.69, 9.17) is 28.9 Å². The SMILES string of the molecule is NC(=O)C(Br)Cc1ccc(Cl)cc1Cl. The van der Waals surface area contributed by atoms with Gasteiger partial charge in [-0.3, -0.25) is 4.79 Å². The first-order chi connectivity index (χ1) is 6.50. The largest absolute Gasteiger partial charge is 0.369 e. The zero-order valence-electron chi connectivity index (χ0n) is 7.14. The number of benzene rings is 1. The summed E-state index contributed by atoms with van der Waals surface area (Å²) in [5, 5.41) is 1.12. The van der Waals surface area contributed by atoms with Crippen LogP contribution in [0.2, 0.25) is 10.0 Å². The van der Waals surface area contributed by atoms with Crippen LogP contribution in [0.25, 0.3) is 0 Å². The Morgan fingerprint density at radius 1 is 1.50 bits per heavy atom. The number of hydrogen-bond acceptors (Lipinski definition) is 1. The first-order valence-corrected chi connectivity index (χ1v) is 5.55. The van der Waals surface area contributed by atoms with Gasteiger partial charge >= 0.3 is 0 Å². The number of halogens is 3. The van der Waals surface area contributed by atoms with E-state index in [1.165, 1.54) is 0 Å². The van der Waals surface area contributed by atoms with Crippen LogP contribution in [0, 0.1) is 0 Å². The molecule has 0 radical (unpaired) electrons. The number of nitrogens with two attached hydrogens (primary N) is 1. The smallest absolute Gasteiger partial charge is 0.231 e. The molecule has 0 aliphatic heterocycles. The molecule has 1 amide bonds. The van der Waals surface area contributed by atoms with E-state index in [0.29, 0.717) is 16.5 Å². The molecular formula is C9H8BrCl2NO. The third kappa shape index (κ3) is 3.15. The molecule has 0 aliphatic carbocycles. The summed E-state index contributed by atoms with van der Waals surface area (Å²) in [5.74, 6) is -0.406. The van der Waals surface area contributed by atoms with Crippen molar-refractivity contribution in [3.05, 3.63) is 33.8 Å². The van der Waals surface area contributed by atoms with Crippen molar-refractivity contribution in [2.75, 3.05) is 0 Å². The Labute approximate surface area is 101 Å². The second kappa shape index (κ2) is 5.01. The van der Waals surface area contributed by atoms with Crippen LogP contribution in [-0.4, -0.2) is 10.7 Å². The first-order valence-electron chi connectivity index (χ1n) is 3.88. The highest BCUT2D eigenvalue weighted by atomic mass is 79.9. The van der Waals surface area contributed by atoms with E-state index in [1.807, 2.05) is 0 Å². The van der Waals surface area contributed by atoms with Gasteiger partial charge in [-0.2, -0.15) is 0 Å². The van der Waals surface area contributed by atoms with Crippen LogP contribution in [0.5, 0.6) is 0 Å². The van der Waals surface area contributed by atoms with Gasteiger partial charge in [0, 0.05) is 10.0 Å². The Morgan fingerprint density at radius 2 is 2.14 bits per heavy atom. The first kappa shape index (κ1) is 11.8. The molecule has 1 atom stereocenters. The highest BCUT2D eigenvalue weighted by Gasteiger charge is 2.13. The molecule has 0 aliphatic rings. The molecule has 0 fully saturated rings. The topological polar surface area (TPSA) is 43.1 Å². The average molecular weight is 297 g/mol. The van der Waals surface area contributed by atoms with Crippen LogP contribution >= 0.6 is 39.1 Å². The van der Waals surface area contributed by atoms with Gasteiger partial charge in [-0.25, -0.2) is 0 Å². The van der Waals surface area contributed by atoms with Crippen molar-refractivity contribution in [3.8, 4) is 0 Å². The second-order valence-electron chi connectivity index (χ2n) is 2.81. The van der Waals surface area contributed by atoms with Gasteiger partial charge in [0.2, 0.25) is 5.91 Å². The number of amides is 1. The Kier molecular flexibility index (Phi) is 4.23. The van der Waals surface area contributed by atoms with Crippen LogP contribution in [0.4, 0.5) is 0 Å². The van der Waals surface area contributed by atoms with Crippen LogP contribution in [0.3, 0.4) is 0 Å². The summed E-state index contributed by atoms with van der Waals surface area (Å²) in [6, 6.07) is 5.14. The Balaban J connectivity index is 2.82. The summed E-state index contributed by atoms with van der Waals surface area (Å²) in [6.45, 7) is 0. The fourth-order valence-corrected chi connectivity index (χ4v) is 1.82. The molecule has 1 rings (SSSR count). The van der Waals surface area contributed by atoms with Crippen LogP contribution < -0.4 is 5.73 Å². The van der Waals surface area contributed by atoms with E-state index < -0.39 is 10.7 Å². The van der Waals surface area contributed by atoms with E-state index in [-0.39, 0.29) is 0 Å². The molecule has 1 unspecified atom stereocenters. The Bertz CT molecular complexity index is 357. The highest BCUT2D eigenvalue weighted by molar-refractivity contribution is 9.10. The van der Waals surface area contributed by atoms with Crippen LogP contribution in [0.15, 0.2) is 18.2 Å². The number of alkyl halides is 1. The minimum Gasteiger partial charge on any atom is -0.369 e. The average Bonchev–Trinajstić information content (AvgIpc) is 2.09. The quantitative estimate of drug-likeness (QED) is 0.857.